The Morgan fingerprint density at radius 1 is 1.14 bits per heavy atom. The van der Waals surface area contributed by atoms with Gasteiger partial charge in [0.2, 0.25) is 0 Å². The van der Waals surface area contributed by atoms with Crippen LogP contribution in [0, 0.1) is 11.5 Å². The van der Waals surface area contributed by atoms with Gasteiger partial charge in [0.05, 0.1) is 6.33 Å². The first-order chi connectivity index (χ1) is 17.0. The number of fused-ring (bicyclic) bond motifs is 2. The number of benzene rings is 1. The number of ether oxygens (including phenoxy) is 3. The van der Waals surface area contributed by atoms with Crippen molar-refractivity contribution in [3.63, 3.8) is 0 Å². The van der Waals surface area contributed by atoms with E-state index in [2.05, 4.69) is 51.4 Å². The van der Waals surface area contributed by atoms with Crippen molar-refractivity contribution in [2.45, 2.75) is 69.9 Å². The predicted octanol–water partition coefficient (Wildman–Crippen LogP) is 2.74. The van der Waals surface area contributed by atoms with E-state index in [1.165, 1.54) is 6.33 Å². The molecule has 2 aliphatic rings. The van der Waals surface area contributed by atoms with Crippen LogP contribution in [0.2, 0.25) is 19.6 Å². The van der Waals surface area contributed by atoms with E-state index in [0.29, 0.717) is 16.7 Å². The van der Waals surface area contributed by atoms with Crippen LogP contribution in [-0.4, -0.2) is 68.8 Å². The number of amides is 1. The lowest BCUT2D eigenvalue weighted by molar-refractivity contribution is -0.203. The summed E-state index contributed by atoms with van der Waals surface area (Å²) in [6, 6.07) is 8.85. The number of anilines is 1. The lowest BCUT2D eigenvalue weighted by atomic mass is 10.1. The van der Waals surface area contributed by atoms with Crippen LogP contribution in [0.5, 0.6) is 0 Å². The number of aromatic nitrogens is 4. The first kappa shape index (κ1) is 24.5. The second-order valence-corrected chi connectivity index (χ2v) is 15.1. The molecular weight excluding hydrogens is 478 g/mol. The molecule has 2 saturated heterocycles. The zero-order valence-corrected chi connectivity index (χ0v) is 21.8. The van der Waals surface area contributed by atoms with Gasteiger partial charge in [-0.15, -0.1) is 5.54 Å². The van der Waals surface area contributed by atoms with Crippen molar-refractivity contribution in [1.82, 2.24) is 19.5 Å². The Morgan fingerprint density at radius 3 is 2.58 bits per heavy atom. The summed E-state index contributed by atoms with van der Waals surface area (Å²) in [5.41, 5.74) is 4.56. The standard InChI is InChI=1S/C25H29N5O5Si/c1-25(2)34-19-18(16(31)11-12-36(3,4)5)33-24(20(19)35-25)30-14-28-17-21(26-13-27-22(17)30)29-23(32)15-9-7-6-8-10-15/h6-10,13-14,16,18-20,24,31H,1-5H3,(H,26,27,29,32)/t16-,18-,19-,20-,24-/m1/s1. The van der Waals surface area contributed by atoms with Crippen LogP contribution in [0.4, 0.5) is 5.82 Å². The average Bonchev–Trinajstić information content (AvgIpc) is 3.48. The quantitative estimate of drug-likeness (QED) is 0.409. The number of hydrogen-bond acceptors (Lipinski definition) is 8. The first-order valence-electron chi connectivity index (χ1n) is 11.8. The van der Waals surface area contributed by atoms with Gasteiger partial charge in [0.1, 0.15) is 38.8 Å². The van der Waals surface area contributed by atoms with Crippen molar-refractivity contribution in [2.24, 2.45) is 0 Å². The molecule has 36 heavy (non-hydrogen) atoms. The predicted molar refractivity (Wildman–Crippen MR) is 135 cm³/mol. The number of aliphatic hydroxyl groups is 1. The van der Waals surface area contributed by atoms with Gasteiger partial charge in [-0.3, -0.25) is 9.36 Å². The molecule has 2 N–H and O–H groups in total. The third kappa shape index (κ3) is 4.78. The third-order valence-electron chi connectivity index (χ3n) is 5.87. The Bertz CT molecular complexity index is 1340. The molecule has 188 valence electrons. The lowest BCUT2D eigenvalue weighted by Gasteiger charge is -2.25. The first-order valence-corrected chi connectivity index (χ1v) is 15.3. The number of carbonyl (C=O) groups is 1. The molecular formula is C25H29N5O5Si. The van der Waals surface area contributed by atoms with Gasteiger partial charge in [0.25, 0.3) is 5.91 Å². The highest BCUT2D eigenvalue weighted by Gasteiger charge is 2.57. The average molecular weight is 508 g/mol. The Balaban J connectivity index is 1.46. The van der Waals surface area contributed by atoms with Gasteiger partial charge in [-0.05, 0) is 26.0 Å². The van der Waals surface area contributed by atoms with Gasteiger partial charge < -0.3 is 24.6 Å². The molecule has 11 heteroatoms. The summed E-state index contributed by atoms with van der Waals surface area (Å²) in [6.45, 7) is 9.97. The van der Waals surface area contributed by atoms with Crippen LogP contribution in [0.25, 0.3) is 11.2 Å². The second kappa shape index (κ2) is 9.06. The summed E-state index contributed by atoms with van der Waals surface area (Å²) in [7, 11) is -1.70. The summed E-state index contributed by atoms with van der Waals surface area (Å²) in [6.07, 6.45) is -0.580. The van der Waals surface area contributed by atoms with E-state index < -0.39 is 44.5 Å². The maximum Gasteiger partial charge on any atom is 0.256 e. The molecule has 3 aromatic rings. The molecule has 4 heterocycles. The largest absolute Gasteiger partial charge is 0.378 e. The number of hydrogen-bond donors (Lipinski definition) is 2. The topological polar surface area (TPSA) is 121 Å². The van der Waals surface area contributed by atoms with E-state index in [0.717, 1.165) is 0 Å². The highest BCUT2D eigenvalue weighted by Crippen LogP contribution is 2.44. The molecule has 0 aliphatic carbocycles. The van der Waals surface area contributed by atoms with Crippen molar-refractivity contribution in [1.29, 1.82) is 0 Å². The summed E-state index contributed by atoms with van der Waals surface area (Å²) in [5, 5.41) is 13.7. The maximum absolute atomic E-state index is 12.7. The van der Waals surface area contributed by atoms with Crippen molar-refractivity contribution in [2.75, 3.05) is 5.32 Å². The van der Waals surface area contributed by atoms with Gasteiger partial charge in [-0.2, -0.15) is 0 Å². The SMILES string of the molecule is CC1(C)O[C@H]2[C@@H](O1)[C@H](n1cnc3c(NC(=O)c4ccccc4)ncnc31)O[C@@H]2[C@H](O)C#C[Si](C)(C)C. The van der Waals surface area contributed by atoms with Gasteiger partial charge >= 0.3 is 0 Å². The molecule has 2 aliphatic heterocycles. The Kier molecular flexibility index (Phi) is 6.18. The lowest BCUT2D eigenvalue weighted by Crippen LogP contribution is -2.38. The van der Waals surface area contributed by atoms with Crippen molar-refractivity contribution < 1.29 is 24.1 Å². The Labute approximate surface area is 210 Å². The molecule has 1 amide bonds. The molecule has 1 aromatic carbocycles. The van der Waals surface area contributed by atoms with E-state index in [1.54, 1.807) is 35.2 Å². The van der Waals surface area contributed by atoms with Crippen molar-refractivity contribution in [3.8, 4) is 11.5 Å². The van der Waals surface area contributed by atoms with Crippen LogP contribution < -0.4 is 5.32 Å². The minimum absolute atomic E-state index is 0.281. The number of nitrogens with zero attached hydrogens (tertiary/aromatic N) is 4. The van der Waals surface area contributed by atoms with E-state index in [4.69, 9.17) is 14.2 Å². The molecule has 2 aromatic heterocycles. The molecule has 5 rings (SSSR count). The van der Waals surface area contributed by atoms with Gasteiger partial charge in [-0.1, -0.05) is 43.8 Å². The molecule has 5 atom stereocenters. The Hall–Kier alpha value is -3.14. The van der Waals surface area contributed by atoms with Gasteiger partial charge in [0, 0.05) is 5.56 Å². The highest BCUT2D eigenvalue weighted by atomic mass is 28.3. The minimum Gasteiger partial charge on any atom is -0.378 e. The van der Waals surface area contributed by atoms with Crippen LogP contribution in [0.1, 0.15) is 30.4 Å². The number of imidazole rings is 1. The third-order valence-corrected chi connectivity index (χ3v) is 6.77. The van der Waals surface area contributed by atoms with Crippen LogP contribution in [-0.2, 0) is 14.2 Å². The second-order valence-electron chi connectivity index (χ2n) is 10.4. The normalized spacial score (nSPS) is 25.7. The summed E-state index contributed by atoms with van der Waals surface area (Å²) >= 11 is 0. The summed E-state index contributed by atoms with van der Waals surface area (Å²) in [5.74, 6) is 2.08. The van der Waals surface area contributed by atoms with Crippen molar-refractivity contribution in [3.05, 3.63) is 48.5 Å². The van der Waals surface area contributed by atoms with Gasteiger partial charge in [0.15, 0.2) is 29.0 Å². The smallest absolute Gasteiger partial charge is 0.256 e. The highest BCUT2D eigenvalue weighted by molar-refractivity contribution is 6.83. The molecule has 0 bridgehead atoms. The fourth-order valence-electron chi connectivity index (χ4n) is 4.36. The van der Waals surface area contributed by atoms with Crippen LogP contribution >= 0.6 is 0 Å². The van der Waals surface area contributed by atoms with E-state index in [-0.39, 0.29) is 11.7 Å². The molecule has 0 radical (unpaired) electrons. The van der Waals surface area contributed by atoms with E-state index in [9.17, 15) is 9.90 Å². The molecule has 2 fully saturated rings. The fourth-order valence-corrected chi connectivity index (χ4v) is 4.94. The zero-order valence-electron chi connectivity index (χ0n) is 20.8. The summed E-state index contributed by atoms with van der Waals surface area (Å²) in [4.78, 5) is 25.8. The molecule has 0 saturated carbocycles. The van der Waals surface area contributed by atoms with Crippen LogP contribution in [0.15, 0.2) is 43.0 Å². The monoisotopic (exact) mass is 507 g/mol. The minimum atomic E-state index is -1.70. The maximum atomic E-state index is 12.7. The molecule has 0 unspecified atom stereocenters. The van der Waals surface area contributed by atoms with E-state index >= 15 is 0 Å². The fraction of sp³-hybridized carbons (Fsp3) is 0.440. The molecule has 10 nitrogen and oxygen atoms in total. The van der Waals surface area contributed by atoms with Crippen LogP contribution in [0.3, 0.4) is 0 Å². The number of aliphatic hydroxyl groups excluding tert-OH is 1. The number of rotatable bonds is 4. The number of carbonyl (C=O) groups excluding carboxylic acids is 1. The summed E-state index contributed by atoms with van der Waals surface area (Å²) < 4.78 is 20.3. The van der Waals surface area contributed by atoms with Gasteiger partial charge in [-0.25, -0.2) is 15.0 Å². The Morgan fingerprint density at radius 2 is 1.86 bits per heavy atom. The zero-order chi connectivity index (χ0) is 25.7. The number of nitrogens with one attached hydrogen (secondary N) is 1. The van der Waals surface area contributed by atoms with E-state index in [1.807, 2.05) is 19.9 Å². The van der Waals surface area contributed by atoms with Crippen molar-refractivity contribution >= 4 is 31.0 Å². The molecule has 0 spiro atoms.